The third-order valence-electron chi connectivity index (χ3n) is 4.70. The minimum absolute atomic E-state index is 0.0239. The second-order valence-corrected chi connectivity index (χ2v) is 9.00. The van der Waals surface area contributed by atoms with Crippen LogP contribution in [-0.2, 0) is 9.59 Å². The number of hydrogen-bond donors (Lipinski definition) is 2. The Morgan fingerprint density at radius 3 is 2.74 bits per heavy atom. The van der Waals surface area contributed by atoms with Crippen molar-refractivity contribution in [2.24, 2.45) is 0 Å². The number of phenolic OH excluding ortho intramolecular Hbond substituents is 1. The van der Waals surface area contributed by atoms with Crippen LogP contribution in [-0.4, -0.2) is 40.2 Å². The Balaban J connectivity index is 1.76. The first-order chi connectivity index (χ1) is 14.7. The monoisotopic (exact) mass is 552 g/mol. The zero-order chi connectivity index (χ0) is 22.7. The van der Waals surface area contributed by atoms with Crippen LogP contribution < -0.4 is 10.1 Å². The molecule has 0 radical (unpaired) electrons. The molecule has 1 heterocycles. The number of phenols is 1. The number of rotatable bonds is 6. The third kappa shape index (κ3) is 5.21. The first-order valence-corrected chi connectivity index (χ1v) is 11.4. The summed E-state index contributed by atoms with van der Waals surface area (Å²) in [4.78, 5) is 38.7. The molecule has 0 bridgehead atoms. The van der Waals surface area contributed by atoms with E-state index in [1.54, 1.807) is 31.2 Å². The Morgan fingerprint density at radius 1 is 1.29 bits per heavy atom. The molecule has 9 heteroatoms. The molecule has 1 aliphatic heterocycles. The van der Waals surface area contributed by atoms with Gasteiger partial charge in [0.2, 0.25) is 5.91 Å². The van der Waals surface area contributed by atoms with Crippen molar-refractivity contribution in [3.05, 3.63) is 55.5 Å². The summed E-state index contributed by atoms with van der Waals surface area (Å²) in [5, 5.41) is 12.3. The summed E-state index contributed by atoms with van der Waals surface area (Å²) in [6.45, 7) is 5.64. The quantitative estimate of drug-likeness (QED) is 0.399. The van der Waals surface area contributed by atoms with Gasteiger partial charge in [0.25, 0.3) is 11.1 Å². The topological polar surface area (TPSA) is 95.9 Å². The molecule has 7 nitrogen and oxygen atoms in total. The number of imide groups is 1. The van der Waals surface area contributed by atoms with E-state index in [9.17, 15) is 19.5 Å². The lowest BCUT2D eigenvalue weighted by atomic mass is 10.1. The fourth-order valence-corrected chi connectivity index (χ4v) is 4.41. The van der Waals surface area contributed by atoms with Crippen LogP contribution in [0.5, 0.6) is 11.5 Å². The van der Waals surface area contributed by atoms with E-state index in [1.807, 2.05) is 48.6 Å². The van der Waals surface area contributed by atoms with E-state index in [0.29, 0.717) is 27.2 Å². The molecular formula is C22H21IN2O5S. The van der Waals surface area contributed by atoms with E-state index in [1.165, 1.54) is 0 Å². The van der Waals surface area contributed by atoms with Gasteiger partial charge in [-0.05, 0) is 96.1 Å². The van der Waals surface area contributed by atoms with Gasteiger partial charge in [-0.15, -0.1) is 0 Å². The molecule has 0 atom stereocenters. The minimum Gasteiger partial charge on any atom is -0.504 e. The van der Waals surface area contributed by atoms with Gasteiger partial charge in [-0.1, -0.05) is 12.1 Å². The number of hydrogen-bond acceptors (Lipinski definition) is 6. The molecule has 162 valence electrons. The van der Waals surface area contributed by atoms with Crippen LogP contribution >= 0.6 is 34.4 Å². The molecule has 0 unspecified atom stereocenters. The minimum atomic E-state index is -0.535. The van der Waals surface area contributed by atoms with Crippen molar-refractivity contribution in [1.82, 2.24) is 4.90 Å². The third-order valence-corrected chi connectivity index (χ3v) is 6.43. The highest BCUT2D eigenvalue weighted by atomic mass is 127. The summed E-state index contributed by atoms with van der Waals surface area (Å²) in [5.41, 5.74) is 3.21. The lowest BCUT2D eigenvalue weighted by Gasteiger charge is -2.14. The normalized spacial score (nSPS) is 15.0. The molecular weight excluding hydrogens is 531 g/mol. The van der Waals surface area contributed by atoms with E-state index < -0.39 is 17.1 Å². The maximum absolute atomic E-state index is 12.7. The van der Waals surface area contributed by atoms with E-state index in [4.69, 9.17) is 4.74 Å². The molecule has 0 saturated carbocycles. The fourth-order valence-electron chi connectivity index (χ4n) is 2.95. The summed E-state index contributed by atoms with van der Waals surface area (Å²) in [5.74, 6) is -0.661. The van der Waals surface area contributed by atoms with Crippen molar-refractivity contribution in [1.29, 1.82) is 0 Å². The molecule has 0 aromatic heterocycles. The fraction of sp³-hybridized carbons (Fsp3) is 0.227. The molecule has 1 saturated heterocycles. The van der Waals surface area contributed by atoms with Crippen LogP contribution in [0.15, 0.2) is 35.2 Å². The van der Waals surface area contributed by atoms with Crippen molar-refractivity contribution in [3.63, 3.8) is 0 Å². The number of aromatic hydroxyl groups is 1. The summed E-state index contributed by atoms with van der Waals surface area (Å²) in [6.07, 6.45) is 1.55. The Hall–Kier alpha value is -2.53. The number of halogens is 1. The first kappa shape index (κ1) is 23.1. The Kier molecular flexibility index (Phi) is 7.26. The predicted molar refractivity (Wildman–Crippen MR) is 129 cm³/mol. The summed E-state index contributed by atoms with van der Waals surface area (Å²) in [7, 11) is 0. The van der Waals surface area contributed by atoms with Gasteiger partial charge in [0.15, 0.2) is 11.5 Å². The van der Waals surface area contributed by atoms with Gasteiger partial charge in [-0.25, -0.2) is 0 Å². The second-order valence-electron chi connectivity index (χ2n) is 6.85. The highest BCUT2D eigenvalue weighted by molar-refractivity contribution is 14.1. The SMILES string of the molecule is CCOc1cc(/C=C2/SC(=O)N(CC(=O)Nc3cccc(C)c3C)C2=O)cc(I)c1O. The average molecular weight is 552 g/mol. The van der Waals surface area contributed by atoms with Crippen LogP contribution in [0.3, 0.4) is 0 Å². The second kappa shape index (κ2) is 9.73. The highest BCUT2D eigenvalue weighted by Gasteiger charge is 2.36. The number of nitrogens with one attached hydrogen (secondary N) is 1. The van der Waals surface area contributed by atoms with Gasteiger partial charge < -0.3 is 15.2 Å². The Morgan fingerprint density at radius 2 is 2.03 bits per heavy atom. The number of aryl methyl sites for hydroxylation is 1. The number of anilines is 1. The lowest BCUT2D eigenvalue weighted by molar-refractivity contribution is -0.127. The van der Waals surface area contributed by atoms with Crippen molar-refractivity contribution >= 4 is 63.2 Å². The molecule has 3 rings (SSSR count). The predicted octanol–water partition coefficient (Wildman–Crippen LogP) is 4.69. The molecule has 2 N–H and O–H groups in total. The number of benzene rings is 2. The number of carbonyl (C=O) groups excluding carboxylic acids is 3. The van der Waals surface area contributed by atoms with Gasteiger partial charge >= 0.3 is 0 Å². The van der Waals surface area contributed by atoms with Crippen LogP contribution in [0.1, 0.15) is 23.6 Å². The summed E-state index contributed by atoms with van der Waals surface area (Å²) >= 11 is 2.74. The summed E-state index contributed by atoms with van der Waals surface area (Å²) < 4.78 is 5.97. The first-order valence-electron chi connectivity index (χ1n) is 9.48. The molecule has 2 aromatic rings. The van der Waals surface area contributed by atoms with Crippen LogP contribution in [0.2, 0.25) is 0 Å². The molecule has 2 aromatic carbocycles. The maximum atomic E-state index is 12.7. The van der Waals surface area contributed by atoms with E-state index in [-0.39, 0.29) is 17.2 Å². The Bertz CT molecular complexity index is 1100. The van der Waals surface area contributed by atoms with Gasteiger partial charge in [0.1, 0.15) is 6.54 Å². The van der Waals surface area contributed by atoms with Crippen molar-refractivity contribution in [2.45, 2.75) is 20.8 Å². The average Bonchev–Trinajstić information content (AvgIpc) is 2.97. The smallest absolute Gasteiger partial charge is 0.294 e. The van der Waals surface area contributed by atoms with E-state index in [0.717, 1.165) is 27.8 Å². The number of ether oxygens (including phenoxy) is 1. The number of nitrogens with zero attached hydrogens (tertiary/aromatic N) is 1. The Labute approximate surface area is 198 Å². The molecule has 31 heavy (non-hydrogen) atoms. The van der Waals surface area contributed by atoms with Crippen LogP contribution in [0, 0.1) is 17.4 Å². The number of amides is 3. The number of carbonyl (C=O) groups is 3. The van der Waals surface area contributed by atoms with Crippen molar-refractivity contribution < 1.29 is 24.2 Å². The largest absolute Gasteiger partial charge is 0.504 e. The lowest BCUT2D eigenvalue weighted by Crippen LogP contribution is -2.36. The number of thioether (sulfide) groups is 1. The summed E-state index contributed by atoms with van der Waals surface area (Å²) in [6, 6.07) is 8.82. The highest BCUT2D eigenvalue weighted by Crippen LogP contribution is 2.36. The van der Waals surface area contributed by atoms with Gasteiger partial charge in [-0.2, -0.15) is 0 Å². The maximum Gasteiger partial charge on any atom is 0.294 e. The zero-order valence-electron chi connectivity index (χ0n) is 17.2. The standard InChI is InChI=1S/C22H21IN2O5S/c1-4-30-17-9-14(8-15(23)20(17)27)10-18-21(28)25(22(29)31-18)11-19(26)24-16-7-5-6-12(2)13(16)3/h5-10,27H,4,11H2,1-3H3,(H,24,26)/b18-10+. The molecule has 0 spiro atoms. The molecule has 3 amide bonds. The van der Waals surface area contributed by atoms with Gasteiger partial charge in [0, 0.05) is 5.69 Å². The molecule has 1 fully saturated rings. The van der Waals surface area contributed by atoms with E-state index in [2.05, 4.69) is 5.32 Å². The zero-order valence-corrected chi connectivity index (χ0v) is 20.2. The molecule has 0 aliphatic carbocycles. The molecule has 1 aliphatic rings. The van der Waals surface area contributed by atoms with Crippen molar-refractivity contribution in [3.8, 4) is 11.5 Å². The van der Waals surface area contributed by atoms with Crippen LogP contribution in [0.25, 0.3) is 6.08 Å². The van der Waals surface area contributed by atoms with Gasteiger partial charge in [-0.3, -0.25) is 19.3 Å². The van der Waals surface area contributed by atoms with E-state index >= 15 is 0 Å². The van der Waals surface area contributed by atoms with Crippen LogP contribution in [0.4, 0.5) is 10.5 Å². The van der Waals surface area contributed by atoms with Crippen molar-refractivity contribution in [2.75, 3.05) is 18.5 Å². The van der Waals surface area contributed by atoms with Gasteiger partial charge in [0.05, 0.1) is 15.1 Å².